The number of hydrogen-bond acceptors (Lipinski definition) is 4. The van der Waals surface area contributed by atoms with Crippen LogP contribution in [0.2, 0.25) is 0 Å². The molecule has 0 saturated carbocycles. The van der Waals surface area contributed by atoms with Gasteiger partial charge in [0.1, 0.15) is 0 Å². The summed E-state index contributed by atoms with van der Waals surface area (Å²) in [7, 11) is 0. The Morgan fingerprint density at radius 1 is 1.31 bits per heavy atom. The van der Waals surface area contributed by atoms with Crippen LogP contribution in [0.5, 0.6) is 0 Å². The van der Waals surface area contributed by atoms with Crippen molar-refractivity contribution in [2.45, 2.75) is 6.54 Å². The average molecular weight is 236 g/mol. The smallest absolute Gasteiger partial charge is 0.307 e. The van der Waals surface area contributed by atoms with E-state index in [4.69, 9.17) is 10.8 Å². The van der Waals surface area contributed by atoms with Crippen LogP contribution in [0.3, 0.4) is 0 Å². The minimum absolute atomic E-state index is 0.0430. The van der Waals surface area contributed by atoms with Crippen molar-refractivity contribution in [1.82, 2.24) is 4.57 Å². The first-order valence-electron chi connectivity index (χ1n) is 4.87. The van der Waals surface area contributed by atoms with Crippen LogP contribution in [0.1, 0.15) is 0 Å². The van der Waals surface area contributed by atoms with Crippen LogP contribution in [0, 0.1) is 0 Å². The number of nitrogens with two attached hydrogens (primary N) is 1. The number of aliphatic hydroxyl groups excluding tert-OH is 1. The number of aromatic nitrogens is 1. The van der Waals surface area contributed by atoms with Gasteiger partial charge in [-0.2, -0.15) is 0 Å². The molecule has 2 rings (SSSR count). The molecule has 0 aliphatic heterocycles. The molecule has 1 aromatic heterocycles. The number of anilines is 1. The Kier molecular flexibility index (Phi) is 3.07. The van der Waals surface area contributed by atoms with Gasteiger partial charge in [-0.3, -0.25) is 9.36 Å². The highest BCUT2D eigenvalue weighted by molar-refractivity contribution is 7.07. The number of rotatable bonds is 3. The van der Waals surface area contributed by atoms with E-state index in [2.05, 4.69) is 0 Å². The van der Waals surface area contributed by atoms with E-state index < -0.39 is 0 Å². The van der Waals surface area contributed by atoms with Crippen LogP contribution in [-0.4, -0.2) is 16.3 Å². The van der Waals surface area contributed by atoms with E-state index in [1.807, 2.05) is 12.1 Å². The largest absolute Gasteiger partial charge is 0.399 e. The number of benzene rings is 1. The second kappa shape index (κ2) is 4.51. The van der Waals surface area contributed by atoms with Crippen LogP contribution in [0.15, 0.2) is 34.4 Å². The van der Waals surface area contributed by atoms with Gasteiger partial charge in [0.25, 0.3) is 0 Å². The maximum absolute atomic E-state index is 11.5. The molecule has 3 N–H and O–H groups in total. The molecule has 0 aliphatic rings. The van der Waals surface area contributed by atoms with E-state index in [1.165, 1.54) is 0 Å². The van der Waals surface area contributed by atoms with Gasteiger partial charge in [0.2, 0.25) is 0 Å². The highest BCUT2D eigenvalue weighted by atomic mass is 32.1. The lowest BCUT2D eigenvalue weighted by Gasteiger charge is -2.05. The molecule has 0 aliphatic carbocycles. The van der Waals surface area contributed by atoms with Crippen molar-refractivity contribution in [3.05, 3.63) is 39.3 Å². The van der Waals surface area contributed by atoms with Gasteiger partial charge in [-0.05, 0) is 17.7 Å². The first kappa shape index (κ1) is 10.9. The zero-order valence-electron chi connectivity index (χ0n) is 8.59. The number of hydrogen-bond donors (Lipinski definition) is 2. The number of nitrogen functional groups attached to an aromatic ring is 1. The van der Waals surface area contributed by atoms with E-state index >= 15 is 0 Å². The molecule has 5 heteroatoms. The molecule has 16 heavy (non-hydrogen) atoms. The topological polar surface area (TPSA) is 68.2 Å². The zero-order valence-corrected chi connectivity index (χ0v) is 9.41. The van der Waals surface area contributed by atoms with Gasteiger partial charge in [-0.1, -0.05) is 23.5 Å². The van der Waals surface area contributed by atoms with Crippen molar-refractivity contribution in [3.8, 4) is 11.3 Å². The summed E-state index contributed by atoms with van der Waals surface area (Å²) in [6, 6.07) is 7.32. The molecule has 0 bridgehead atoms. The molecule has 0 spiro atoms. The van der Waals surface area contributed by atoms with Crippen molar-refractivity contribution in [3.63, 3.8) is 0 Å². The Balaban J connectivity index is 2.47. The Morgan fingerprint density at radius 2 is 2.00 bits per heavy atom. The van der Waals surface area contributed by atoms with Crippen LogP contribution in [0.25, 0.3) is 11.3 Å². The van der Waals surface area contributed by atoms with Crippen molar-refractivity contribution in [2.24, 2.45) is 0 Å². The van der Waals surface area contributed by atoms with E-state index in [1.54, 1.807) is 22.1 Å². The Morgan fingerprint density at radius 3 is 2.62 bits per heavy atom. The maximum atomic E-state index is 11.5. The highest BCUT2D eigenvalue weighted by Gasteiger charge is 2.07. The molecule has 0 fully saturated rings. The fourth-order valence-electron chi connectivity index (χ4n) is 1.52. The number of nitrogens with zero attached hydrogens (tertiary/aromatic N) is 1. The summed E-state index contributed by atoms with van der Waals surface area (Å²) in [5.74, 6) is 0. The summed E-state index contributed by atoms with van der Waals surface area (Å²) in [5, 5.41) is 10.7. The fraction of sp³-hybridized carbons (Fsp3) is 0.182. The van der Waals surface area contributed by atoms with Crippen LogP contribution < -0.4 is 10.6 Å². The second-order valence-electron chi connectivity index (χ2n) is 3.38. The predicted molar refractivity (Wildman–Crippen MR) is 65.5 cm³/mol. The average Bonchev–Trinajstić information content (AvgIpc) is 2.63. The van der Waals surface area contributed by atoms with Gasteiger partial charge in [-0.15, -0.1) is 0 Å². The minimum Gasteiger partial charge on any atom is -0.399 e. The summed E-state index contributed by atoms with van der Waals surface area (Å²) >= 11 is 1.14. The van der Waals surface area contributed by atoms with Gasteiger partial charge in [0, 0.05) is 11.1 Å². The molecule has 0 amide bonds. The van der Waals surface area contributed by atoms with Gasteiger partial charge in [0.05, 0.1) is 18.8 Å². The second-order valence-corrected chi connectivity index (χ2v) is 4.20. The third-order valence-corrected chi connectivity index (χ3v) is 3.08. The molecule has 1 heterocycles. The first-order chi connectivity index (χ1) is 7.72. The first-order valence-corrected chi connectivity index (χ1v) is 5.75. The lowest BCUT2D eigenvalue weighted by Crippen LogP contribution is -2.16. The molecule has 1 aromatic carbocycles. The normalized spacial score (nSPS) is 10.6. The van der Waals surface area contributed by atoms with E-state index in [9.17, 15) is 4.79 Å². The summed E-state index contributed by atoms with van der Waals surface area (Å²) in [6.45, 7) is 0.278. The van der Waals surface area contributed by atoms with Crippen LogP contribution >= 0.6 is 11.3 Å². The third kappa shape index (κ3) is 2.00. The Labute approximate surface area is 96.6 Å². The molecule has 0 radical (unpaired) electrons. The van der Waals surface area contributed by atoms with Crippen molar-refractivity contribution >= 4 is 17.0 Å². The maximum Gasteiger partial charge on any atom is 0.307 e. The third-order valence-electron chi connectivity index (χ3n) is 2.31. The van der Waals surface area contributed by atoms with Crippen LogP contribution in [0.4, 0.5) is 5.69 Å². The van der Waals surface area contributed by atoms with Crippen molar-refractivity contribution in [1.29, 1.82) is 0 Å². The SMILES string of the molecule is Nc1ccc(-c2csc(=O)n2CCO)cc1. The zero-order chi connectivity index (χ0) is 11.5. The lowest BCUT2D eigenvalue weighted by molar-refractivity contribution is 0.276. The number of aliphatic hydroxyl groups is 1. The van der Waals surface area contributed by atoms with Crippen molar-refractivity contribution in [2.75, 3.05) is 12.3 Å². The molecule has 0 atom stereocenters. The summed E-state index contributed by atoms with van der Waals surface area (Å²) < 4.78 is 1.57. The monoisotopic (exact) mass is 236 g/mol. The summed E-state index contributed by atoms with van der Waals surface area (Å²) in [5.41, 5.74) is 8.05. The van der Waals surface area contributed by atoms with E-state index in [0.29, 0.717) is 12.2 Å². The van der Waals surface area contributed by atoms with Gasteiger partial charge in [0.15, 0.2) is 0 Å². The lowest BCUT2D eigenvalue weighted by atomic mass is 10.1. The molecular formula is C11H12N2O2S. The van der Waals surface area contributed by atoms with Gasteiger partial charge >= 0.3 is 4.87 Å². The molecule has 4 nitrogen and oxygen atoms in total. The standard InChI is InChI=1S/C11H12N2O2S/c12-9-3-1-8(2-4-9)10-7-16-11(15)13(10)5-6-14/h1-4,7,14H,5-6,12H2. The van der Waals surface area contributed by atoms with Crippen LogP contribution in [-0.2, 0) is 6.54 Å². The number of thiazole rings is 1. The minimum atomic E-state index is -0.0547. The quantitative estimate of drug-likeness (QED) is 0.785. The van der Waals surface area contributed by atoms with Crippen molar-refractivity contribution < 1.29 is 5.11 Å². The molecule has 0 saturated heterocycles. The Bertz CT molecular complexity index is 528. The molecular weight excluding hydrogens is 224 g/mol. The van der Waals surface area contributed by atoms with E-state index in [0.717, 1.165) is 22.6 Å². The predicted octanol–water partition coefficient (Wildman–Crippen LogP) is 1.15. The Hall–Kier alpha value is -1.59. The summed E-state index contributed by atoms with van der Waals surface area (Å²) in [4.78, 5) is 11.5. The van der Waals surface area contributed by atoms with Gasteiger partial charge < -0.3 is 10.8 Å². The highest BCUT2D eigenvalue weighted by Crippen LogP contribution is 2.20. The molecule has 84 valence electrons. The van der Waals surface area contributed by atoms with E-state index in [-0.39, 0.29) is 11.5 Å². The molecule has 2 aromatic rings. The van der Waals surface area contributed by atoms with Gasteiger partial charge in [-0.25, -0.2) is 0 Å². The summed E-state index contributed by atoms with van der Waals surface area (Å²) in [6.07, 6.45) is 0. The molecule has 0 unspecified atom stereocenters. The fourth-order valence-corrected chi connectivity index (χ4v) is 2.31.